The summed E-state index contributed by atoms with van der Waals surface area (Å²) in [4.78, 5) is 2.43. The third-order valence-corrected chi connectivity index (χ3v) is 4.55. The molecule has 7 heteroatoms. The van der Waals surface area contributed by atoms with E-state index in [1.54, 1.807) is 14.2 Å². The van der Waals surface area contributed by atoms with E-state index >= 15 is 0 Å². The molecule has 0 N–H and O–H groups in total. The molecule has 0 amide bonds. The second-order valence-corrected chi connectivity index (χ2v) is 6.05. The zero-order valence-electron chi connectivity index (χ0n) is 14.6. The van der Waals surface area contributed by atoms with Crippen LogP contribution in [0.15, 0.2) is 18.2 Å². The molecule has 1 atom stereocenters. The Morgan fingerprint density at radius 1 is 1.25 bits per heavy atom. The van der Waals surface area contributed by atoms with E-state index in [0.29, 0.717) is 6.04 Å². The van der Waals surface area contributed by atoms with Gasteiger partial charge in [-0.3, -0.25) is 4.90 Å². The Bertz CT molecular complexity index is 673. The van der Waals surface area contributed by atoms with Gasteiger partial charge in [0.05, 0.1) is 20.8 Å². The molecule has 0 aliphatic carbocycles. The van der Waals surface area contributed by atoms with Gasteiger partial charge in [-0.2, -0.15) is 0 Å². The zero-order valence-corrected chi connectivity index (χ0v) is 14.6. The summed E-state index contributed by atoms with van der Waals surface area (Å²) in [5.74, 6) is 2.68. The van der Waals surface area contributed by atoms with Gasteiger partial charge in [0.15, 0.2) is 5.82 Å². The molecule has 0 bridgehead atoms. The fourth-order valence-corrected chi connectivity index (χ4v) is 3.37. The third-order valence-electron chi connectivity index (χ3n) is 4.55. The number of tetrazole rings is 1. The number of benzene rings is 1. The number of aromatic nitrogens is 4. The van der Waals surface area contributed by atoms with Gasteiger partial charge in [-0.25, -0.2) is 4.68 Å². The van der Waals surface area contributed by atoms with Crippen molar-refractivity contribution in [2.24, 2.45) is 0 Å². The maximum absolute atomic E-state index is 5.58. The van der Waals surface area contributed by atoms with Crippen molar-refractivity contribution >= 4 is 0 Å². The van der Waals surface area contributed by atoms with Gasteiger partial charge in [-0.15, -0.1) is 5.10 Å². The number of methoxy groups -OCH3 is 2. The molecular weight excluding hydrogens is 306 g/mol. The molecule has 1 aliphatic heterocycles. The molecule has 2 aromatic rings. The molecule has 24 heavy (non-hydrogen) atoms. The summed E-state index contributed by atoms with van der Waals surface area (Å²) in [5, 5.41) is 12.1. The largest absolute Gasteiger partial charge is 0.497 e. The number of aryl methyl sites for hydroxylation is 1. The predicted molar refractivity (Wildman–Crippen MR) is 90.0 cm³/mol. The van der Waals surface area contributed by atoms with E-state index in [-0.39, 0.29) is 0 Å². The van der Waals surface area contributed by atoms with Gasteiger partial charge in [0.1, 0.15) is 11.5 Å². The number of rotatable bonds is 7. The first-order valence-corrected chi connectivity index (χ1v) is 8.47. The minimum atomic E-state index is 0.293. The Morgan fingerprint density at radius 3 is 2.88 bits per heavy atom. The van der Waals surface area contributed by atoms with Crippen molar-refractivity contribution in [1.82, 2.24) is 25.1 Å². The predicted octanol–water partition coefficient (Wildman–Crippen LogP) is 2.44. The molecule has 1 aromatic heterocycles. The Hall–Kier alpha value is -2.15. The van der Waals surface area contributed by atoms with Crippen LogP contribution in [0.5, 0.6) is 11.5 Å². The molecule has 130 valence electrons. The lowest BCUT2D eigenvalue weighted by atomic mass is 10.0. The standard InChI is InChI=1S/C17H25N5O2/c1-4-9-22-17(18-19-20-22)12-21-10-5-6-15(21)14-11-13(23-2)7-8-16(14)24-3/h7-8,11,15H,4-6,9-10,12H2,1-3H3/t15-/m0/s1. The van der Waals surface area contributed by atoms with Crippen molar-refractivity contribution < 1.29 is 9.47 Å². The molecule has 0 radical (unpaired) electrons. The minimum absolute atomic E-state index is 0.293. The quantitative estimate of drug-likeness (QED) is 0.776. The Labute approximate surface area is 142 Å². The van der Waals surface area contributed by atoms with E-state index in [1.165, 1.54) is 5.56 Å². The number of nitrogens with zero attached hydrogens (tertiary/aromatic N) is 5. The highest BCUT2D eigenvalue weighted by atomic mass is 16.5. The van der Waals surface area contributed by atoms with E-state index < -0.39 is 0 Å². The summed E-state index contributed by atoms with van der Waals surface area (Å²) >= 11 is 0. The van der Waals surface area contributed by atoms with Crippen molar-refractivity contribution in [3.05, 3.63) is 29.6 Å². The lowest BCUT2D eigenvalue weighted by Gasteiger charge is -2.26. The van der Waals surface area contributed by atoms with Crippen molar-refractivity contribution in [2.45, 2.75) is 45.3 Å². The second kappa shape index (κ2) is 7.61. The third kappa shape index (κ3) is 3.36. The summed E-state index contributed by atoms with van der Waals surface area (Å²) in [6.07, 6.45) is 3.27. The number of likely N-dealkylation sites (tertiary alicyclic amines) is 1. The zero-order chi connectivity index (χ0) is 16.9. The molecule has 3 rings (SSSR count). The first-order valence-electron chi connectivity index (χ1n) is 8.47. The fraction of sp³-hybridized carbons (Fsp3) is 0.588. The van der Waals surface area contributed by atoms with E-state index in [0.717, 1.165) is 56.2 Å². The number of hydrogen-bond donors (Lipinski definition) is 0. The van der Waals surface area contributed by atoms with Gasteiger partial charge in [-0.1, -0.05) is 6.92 Å². The van der Waals surface area contributed by atoms with Crippen LogP contribution in [-0.2, 0) is 13.1 Å². The van der Waals surface area contributed by atoms with Crippen molar-refractivity contribution in [3.63, 3.8) is 0 Å². The fourth-order valence-electron chi connectivity index (χ4n) is 3.37. The minimum Gasteiger partial charge on any atom is -0.497 e. The van der Waals surface area contributed by atoms with Gasteiger partial charge < -0.3 is 9.47 Å². The van der Waals surface area contributed by atoms with Crippen LogP contribution in [-0.4, -0.2) is 45.9 Å². The highest BCUT2D eigenvalue weighted by Crippen LogP contribution is 2.39. The molecule has 1 aromatic carbocycles. The average molecular weight is 331 g/mol. The maximum Gasteiger partial charge on any atom is 0.165 e. The normalized spacial score (nSPS) is 18.0. The van der Waals surface area contributed by atoms with E-state index in [2.05, 4.69) is 33.4 Å². The lowest BCUT2D eigenvalue weighted by Crippen LogP contribution is -2.25. The Kier molecular flexibility index (Phi) is 5.30. The monoisotopic (exact) mass is 331 g/mol. The van der Waals surface area contributed by atoms with Crippen LogP contribution < -0.4 is 9.47 Å². The van der Waals surface area contributed by atoms with Crippen LogP contribution >= 0.6 is 0 Å². The summed E-state index contributed by atoms with van der Waals surface area (Å²) in [6.45, 7) is 4.76. The van der Waals surface area contributed by atoms with E-state index in [4.69, 9.17) is 9.47 Å². The van der Waals surface area contributed by atoms with Crippen molar-refractivity contribution in [2.75, 3.05) is 20.8 Å². The van der Waals surface area contributed by atoms with Crippen LogP contribution in [0.2, 0.25) is 0 Å². The van der Waals surface area contributed by atoms with Crippen LogP contribution in [0.25, 0.3) is 0 Å². The summed E-state index contributed by atoms with van der Waals surface area (Å²) < 4.78 is 12.9. The molecule has 7 nitrogen and oxygen atoms in total. The SMILES string of the molecule is CCCn1nnnc1CN1CCC[C@H]1c1cc(OC)ccc1OC. The molecule has 2 heterocycles. The molecule has 1 saturated heterocycles. The smallest absolute Gasteiger partial charge is 0.165 e. The lowest BCUT2D eigenvalue weighted by molar-refractivity contribution is 0.231. The van der Waals surface area contributed by atoms with Gasteiger partial charge >= 0.3 is 0 Å². The first-order chi connectivity index (χ1) is 11.8. The van der Waals surface area contributed by atoms with E-state index in [1.807, 2.05) is 16.8 Å². The van der Waals surface area contributed by atoms with Crippen molar-refractivity contribution in [1.29, 1.82) is 0 Å². The van der Waals surface area contributed by atoms with E-state index in [9.17, 15) is 0 Å². The molecule has 1 aliphatic rings. The Morgan fingerprint density at radius 2 is 2.12 bits per heavy atom. The van der Waals surface area contributed by atoms with Crippen LogP contribution in [0.3, 0.4) is 0 Å². The Balaban J connectivity index is 1.84. The second-order valence-electron chi connectivity index (χ2n) is 6.05. The molecule has 0 spiro atoms. The molecule has 0 saturated carbocycles. The number of hydrogen-bond acceptors (Lipinski definition) is 6. The maximum atomic E-state index is 5.58. The van der Waals surface area contributed by atoms with Gasteiger partial charge in [-0.05, 0) is 54.4 Å². The van der Waals surface area contributed by atoms with Crippen LogP contribution in [0.1, 0.15) is 43.6 Å². The molecule has 1 fully saturated rings. The molecule has 0 unspecified atom stereocenters. The molecular formula is C17H25N5O2. The van der Waals surface area contributed by atoms with Gasteiger partial charge in [0, 0.05) is 18.2 Å². The van der Waals surface area contributed by atoms with Crippen molar-refractivity contribution in [3.8, 4) is 11.5 Å². The topological polar surface area (TPSA) is 65.3 Å². The highest BCUT2D eigenvalue weighted by Gasteiger charge is 2.30. The average Bonchev–Trinajstić information content (AvgIpc) is 3.25. The summed E-state index contributed by atoms with van der Waals surface area (Å²) in [5.41, 5.74) is 1.17. The van der Waals surface area contributed by atoms with Gasteiger partial charge in [0.2, 0.25) is 0 Å². The first kappa shape index (κ1) is 16.7. The van der Waals surface area contributed by atoms with Gasteiger partial charge in [0.25, 0.3) is 0 Å². The number of ether oxygens (including phenoxy) is 2. The van der Waals surface area contributed by atoms with Crippen LogP contribution in [0.4, 0.5) is 0 Å². The highest BCUT2D eigenvalue weighted by molar-refractivity contribution is 5.42. The van der Waals surface area contributed by atoms with Crippen LogP contribution in [0, 0.1) is 0 Å². The summed E-state index contributed by atoms with van der Waals surface area (Å²) in [7, 11) is 3.41. The summed E-state index contributed by atoms with van der Waals surface area (Å²) in [6, 6.07) is 6.29.